The number of morpholine rings is 1. The second-order valence-corrected chi connectivity index (χ2v) is 10.7. The fraction of sp³-hybridized carbons (Fsp3) is 0.654. The number of ether oxygens (including phenoxy) is 2. The van der Waals surface area contributed by atoms with Crippen molar-refractivity contribution in [3.05, 3.63) is 30.1 Å². The van der Waals surface area contributed by atoms with Gasteiger partial charge < -0.3 is 24.3 Å². The summed E-state index contributed by atoms with van der Waals surface area (Å²) in [6.07, 6.45) is 10.7. The Morgan fingerprint density at radius 1 is 1.14 bits per heavy atom. The Bertz CT molecular complexity index is 991. The Morgan fingerprint density at radius 3 is 2.83 bits per heavy atom. The lowest BCUT2D eigenvalue weighted by molar-refractivity contribution is -0.146. The SMILES string of the molecule is COc1cccc(NCc2nnc(SCC(=O)N3CCOC4CCCCC43)n2C2CCCCC2)c1. The highest BCUT2D eigenvalue weighted by molar-refractivity contribution is 7.99. The first-order chi connectivity index (χ1) is 17.2. The molecule has 1 saturated heterocycles. The number of nitrogens with zero attached hydrogens (tertiary/aromatic N) is 4. The fourth-order valence-electron chi connectivity index (χ4n) is 5.76. The molecule has 1 aromatic carbocycles. The highest BCUT2D eigenvalue weighted by Gasteiger charge is 2.36. The predicted octanol–water partition coefficient (Wildman–Crippen LogP) is 4.67. The van der Waals surface area contributed by atoms with Crippen LogP contribution in [0.3, 0.4) is 0 Å². The average molecular weight is 500 g/mol. The first kappa shape index (κ1) is 24.4. The first-order valence-electron chi connectivity index (χ1n) is 13.1. The van der Waals surface area contributed by atoms with Crippen LogP contribution in [-0.4, -0.2) is 63.7 Å². The summed E-state index contributed by atoms with van der Waals surface area (Å²) in [6, 6.07) is 8.55. The molecule has 2 heterocycles. The summed E-state index contributed by atoms with van der Waals surface area (Å²) in [6.45, 7) is 1.93. The smallest absolute Gasteiger partial charge is 0.233 e. The van der Waals surface area contributed by atoms with Gasteiger partial charge in [-0.1, -0.05) is 49.9 Å². The third kappa shape index (κ3) is 5.77. The Morgan fingerprint density at radius 2 is 1.97 bits per heavy atom. The van der Waals surface area contributed by atoms with Gasteiger partial charge in [0.05, 0.1) is 38.2 Å². The van der Waals surface area contributed by atoms with E-state index in [9.17, 15) is 4.79 Å². The molecule has 9 heteroatoms. The number of carbonyl (C=O) groups is 1. The average Bonchev–Trinajstić information content (AvgIpc) is 3.33. The maximum atomic E-state index is 13.3. The highest BCUT2D eigenvalue weighted by Crippen LogP contribution is 2.34. The van der Waals surface area contributed by atoms with Crippen molar-refractivity contribution in [3.63, 3.8) is 0 Å². The molecule has 2 atom stereocenters. The summed E-state index contributed by atoms with van der Waals surface area (Å²) >= 11 is 1.54. The van der Waals surface area contributed by atoms with Crippen molar-refractivity contribution in [1.82, 2.24) is 19.7 Å². The molecule has 5 rings (SSSR count). The van der Waals surface area contributed by atoms with E-state index in [4.69, 9.17) is 9.47 Å². The molecule has 8 nitrogen and oxygen atoms in total. The van der Waals surface area contributed by atoms with E-state index in [-0.39, 0.29) is 18.1 Å². The summed E-state index contributed by atoms with van der Waals surface area (Å²) in [7, 11) is 1.68. The van der Waals surface area contributed by atoms with Crippen LogP contribution >= 0.6 is 11.8 Å². The molecule has 1 N–H and O–H groups in total. The van der Waals surface area contributed by atoms with E-state index < -0.39 is 0 Å². The van der Waals surface area contributed by atoms with Gasteiger partial charge in [0.2, 0.25) is 5.91 Å². The van der Waals surface area contributed by atoms with E-state index in [2.05, 4.69) is 25.0 Å². The first-order valence-corrected chi connectivity index (χ1v) is 14.1. The molecular formula is C26H37N5O3S. The number of methoxy groups -OCH3 is 1. The zero-order valence-electron chi connectivity index (χ0n) is 20.7. The third-order valence-corrected chi connectivity index (χ3v) is 8.50. The van der Waals surface area contributed by atoms with Crippen LogP contribution in [0.25, 0.3) is 0 Å². The third-order valence-electron chi connectivity index (χ3n) is 7.57. The van der Waals surface area contributed by atoms with E-state index in [0.29, 0.717) is 31.5 Å². The van der Waals surface area contributed by atoms with E-state index in [1.54, 1.807) is 7.11 Å². The number of nitrogens with one attached hydrogen (secondary N) is 1. The molecule has 2 aromatic rings. The minimum absolute atomic E-state index is 0.199. The molecule has 0 bridgehead atoms. The summed E-state index contributed by atoms with van der Waals surface area (Å²) in [4.78, 5) is 15.3. The summed E-state index contributed by atoms with van der Waals surface area (Å²) in [5.74, 6) is 2.34. The Kier molecular flexibility index (Phi) is 8.13. The van der Waals surface area contributed by atoms with E-state index in [1.165, 1.54) is 43.9 Å². The van der Waals surface area contributed by atoms with Crippen molar-refractivity contribution in [2.24, 2.45) is 0 Å². The molecule has 1 aromatic heterocycles. The molecule has 2 unspecified atom stereocenters. The van der Waals surface area contributed by atoms with Crippen molar-refractivity contribution in [2.75, 3.05) is 31.3 Å². The van der Waals surface area contributed by atoms with Crippen LogP contribution in [0.1, 0.15) is 69.7 Å². The van der Waals surface area contributed by atoms with Crippen LogP contribution in [0.15, 0.2) is 29.4 Å². The molecular weight excluding hydrogens is 462 g/mol. The zero-order chi connectivity index (χ0) is 24.0. The van der Waals surface area contributed by atoms with Gasteiger partial charge in [-0.25, -0.2) is 0 Å². The minimum Gasteiger partial charge on any atom is -0.497 e. The molecule has 1 amide bonds. The van der Waals surface area contributed by atoms with Gasteiger partial charge in [0.15, 0.2) is 11.0 Å². The van der Waals surface area contributed by atoms with E-state index in [1.807, 2.05) is 24.3 Å². The standard InChI is InChI=1S/C26H37N5O3S/c1-33-21-11-7-8-19(16-21)27-17-24-28-29-26(31(24)20-9-3-2-4-10-20)35-18-25(32)30-14-15-34-23-13-6-5-12-22(23)30/h7-8,11,16,20,22-23,27H,2-6,9-10,12-15,17-18H2,1H3. The molecule has 3 aliphatic rings. The van der Waals surface area contributed by atoms with Crippen molar-refractivity contribution >= 4 is 23.4 Å². The zero-order valence-corrected chi connectivity index (χ0v) is 21.5. The van der Waals surface area contributed by atoms with Gasteiger partial charge in [0.1, 0.15) is 5.75 Å². The van der Waals surface area contributed by atoms with Gasteiger partial charge in [0, 0.05) is 24.3 Å². The number of thioether (sulfide) groups is 1. The minimum atomic E-state index is 0.199. The van der Waals surface area contributed by atoms with Crippen LogP contribution in [0.4, 0.5) is 5.69 Å². The largest absolute Gasteiger partial charge is 0.497 e. The normalized spacial score (nSPS) is 23.1. The van der Waals surface area contributed by atoms with Gasteiger partial charge in [-0.3, -0.25) is 4.79 Å². The quantitative estimate of drug-likeness (QED) is 0.529. The molecule has 2 aliphatic carbocycles. The fourth-order valence-corrected chi connectivity index (χ4v) is 6.67. The molecule has 35 heavy (non-hydrogen) atoms. The maximum absolute atomic E-state index is 13.3. The molecule has 0 spiro atoms. The molecule has 1 aliphatic heterocycles. The second-order valence-electron chi connectivity index (χ2n) is 9.78. The lowest BCUT2D eigenvalue weighted by Crippen LogP contribution is -2.55. The molecule has 3 fully saturated rings. The number of rotatable bonds is 8. The number of aromatic nitrogens is 3. The van der Waals surface area contributed by atoms with E-state index >= 15 is 0 Å². The predicted molar refractivity (Wildman–Crippen MR) is 137 cm³/mol. The van der Waals surface area contributed by atoms with E-state index in [0.717, 1.165) is 48.1 Å². The number of hydrogen-bond acceptors (Lipinski definition) is 7. The lowest BCUT2D eigenvalue weighted by atomic mass is 9.90. The summed E-state index contributed by atoms with van der Waals surface area (Å²) < 4.78 is 13.6. The Balaban J connectivity index is 1.28. The summed E-state index contributed by atoms with van der Waals surface area (Å²) in [5.41, 5.74) is 0.987. The lowest BCUT2D eigenvalue weighted by Gasteiger charge is -2.43. The van der Waals surface area contributed by atoms with Crippen LogP contribution in [0.5, 0.6) is 5.75 Å². The topological polar surface area (TPSA) is 81.5 Å². The molecule has 190 valence electrons. The van der Waals surface area contributed by atoms with Crippen molar-refractivity contribution in [1.29, 1.82) is 0 Å². The van der Waals surface area contributed by atoms with Gasteiger partial charge in [-0.2, -0.15) is 0 Å². The number of benzene rings is 1. The Hall–Kier alpha value is -2.26. The van der Waals surface area contributed by atoms with Crippen LogP contribution in [0, 0.1) is 0 Å². The van der Waals surface area contributed by atoms with Crippen molar-refractivity contribution < 1.29 is 14.3 Å². The highest BCUT2D eigenvalue weighted by atomic mass is 32.2. The second kappa shape index (κ2) is 11.6. The van der Waals surface area contributed by atoms with Gasteiger partial charge in [-0.05, 0) is 37.8 Å². The monoisotopic (exact) mass is 499 g/mol. The van der Waals surface area contributed by atoms with Crippen molar-refractivity contribution in [3.8, 4) is 5.75 Å². The number of anilines is 1. The van der Waals surface area contributed by atoms with Crippen molar-refractivity contribution in [2.45, 2.75) is 87.7 Å². The molecule has 0 radical (unpaired) electrons. The Labute approximate surface area is 212 Å². The van der Waals surface area contributed by atoms with Gasteiger partial charge in [-0.15, -0.1) is 10.2 Å². The maximum Gasteiger partial charge on any atom is 0.233 e. The van der Waals surface area contributed by atoms with Crippen LogP contribution in [0.2, 0.25) is 0 Å². The van der Waals surface area contributed by atoms with Crippen LogP contribution < -0.4 is 10.1 Å². The van der Waals surface area contributed by atoms with Gasteiger partial charge in [0.25, 0.3) is 0 Å². The van der Waals surface area contributed by atoms with Crippen LogP contribution in [-0.2, 0) is 16.1 Å². The molecule has 2 saturated carbocycles. The number of amides is 1. The number of carbonyl (C=O) groups excluding carboxylic acids is 1. The summed E-state index contributed by atoms with van der Waals surface area (Å²) in [5, 5.41) is 13.4. The van der Waals surface area contributed by atoms with Gasteiger partial charge >= 0.3 is 0 Å². The number of hydrogen-bond donors (Lipinski definition) is 1. The number of fused-ring (bicyclic) bond motifs is 1.